The molecule has 0 spiro atoms. The summed E-state index contributed by atoms with van der Waals surface area (Å²) in [7, 11) is 0. The van der Waals surface area contributed by atoms with Gasteiger partial charge in [-0.25, -0.2) is 0 Å². The van der Waals surface area contributed by atoms with E-state index in [2.05, 4.69) is 0 Å². The number of aliphatic carboxylic acids is 1. The van der Waals surface area contributed by atoms with Crippen molar-refractivity contribution in [2.45, 2.75) is 63.4 Å². The van der Waals surface area contributed by atoms with E-state index in [0.717, 1.165) is 38.5 Å². The van der Waals surface area contributed by atoms with Crippen LogP contribution in [0.1, 0.15) is 57.8 Å². The van der Waals surface area contributed by atoms with E-state index in [0.29, 0.717) is 12.8 Å². The first-order valence-electron chi connectivity index (χ1n) is 6.60. The van der Waals surface area contributed by atoms with Gasteiger partial charge in [0, 0.05) is 0 Å². The maximum atomic E-state index is 11.3. The lowest BCUT2D eigenvalue weighted by atomic mass is 9.64. The van der Waals surface area contributed by atoms with Crippen molar-refractivity contribution in [3.8, 4) is 0 Å². The van der Waals surface area contributed by atoms with Crippen LogP contribution in [0.4, 0.5) is 0 Å². The maximum absolute atomic E-state index is 11.3. The summed E-state index contributed by atoms with van der Waals surface area (Å²) < 4.78 is 0. The molecule has 0 aromatic carbocycles. The van der Waals surface area contributed by atoms with Gasteiger partial charge in [-0.15, -0.1) is 0 Å². The van der Waals surface area contributed by atoms with Crippen LogP contribution in [0.25, 0.3) is 0 Å². The van der Waals surface area contributed by atoms with Crippen LogP contribution < -0.4 is 0 Å². The van der Waals surface area contributed by atoms with Gasteiger partial charge in [-0.2, -0.15) is 0 Å². The monoisotopic (exact) mass is 226 g/mol. The van der Waals surface area contributed by atoms with E-state index in [4.69, 9.17) is 0 Å². The van der Waals surface area contributed by atoms with Crippen molar-refractivity contribution in [1.82, 2.24) is 0 Å². The van der Waals surface area contributed by atoms with E-state index in [1.54, 1.807) is 0 Å². The van der Waals surface area contributed by atoms with Gasteiger partial charge in [-0.05, 0) is 31.6 Å². The molecule has 0 unspecified atom stereocenters. The van der Waals surface area contributed by atoms with Crippen LogP contribution in [0.15, 0.2) is 0 Å². The van der Waals surface area contributed by atoms with Gasteiger partial charge in [0.05, 0.1) is 11.5 Å². The molecule has 0 aromatic heterocycles. The number of carboxylic acids is 1. The van der Waals surface area contributed by atoms with E-state index < -0.39 is 17.5 Å². The fourth-order valence-electron chi connectivity index (χ4n) is 3.61. The van der Waals surface area contributed by atoms with E-state index >= 15 is 0 Å². The number of rotatable bonds is 2. The van der Waals surface area contributed by atoms with E-state index in [1.807, 2.05) is 0 Å². The zero-order valence-electron chi connectivity index (χ0n) is 9.82. The van der Waals surface area contributed by atoms with Crippen molar-refractivity contribution in [2.75, 3.05) is 0 Å². The average molecular weight is 226 g/mol. The Kier molecular flexibility index (Phi) is 3.53. The van der Waals surface area contributed by atoms with Gasteiger partial charge in [0.1, 0.15) is 0 Å². The van der Waals surface area contributed by atoms with Gasteiger partial charge in [0.15, 0.2) is 0 Å². The van der Waals surface area contributed by atoms with Crippen LogP contribution >= 0.6 is 0 Å². The summed E-state index contributed by atoms with van der Waals surface area (Å²) in [5.41, 5.74) is -0.912. The number of hydrogen-bond acceptors (Lipinski definition) is 2. The number of aliphatic hydroxyl groups is 1. The minimum Gasteiger partial charge on any atom is -0.481 e. The number of hydrogen-bond donors (Lipinski definition) is 2. The molecule has 3 nitrogen and oxygen atoms in total. The first-order valence-corrected chi connectivity index (χ1v) is 6.60. The summed E-state index contributed by atoms with van der Waals surface area (Å²) in [6.45, 7) is 0. The van der Waals surface area contributed by atoms with Gasteiger partial charge in [-0.1, -0.05) is 32.1 Å². The second kappa shape index (κ2) is 4.74. The predicted molar refractivity (Wildman–Crippen MR) is 61.1 cm³/mol. The largest absolute Gasteiger partial charge is 0.481 e. The van der Waals surface area contributed by atoms with Gasteiger partial charge >= 0.3 is 5.97 Å². The molecule has 0 bridgehead atoms. The molecular formula is C13H22O3. The summed E-state index contributed by atoms with van der Waals surface area (Å²) in [6, 6.07) is 0. The molecule has 2 saturated carbocycles. The molecule has 2 aliphatic rings. The van der Waals surface area contributed by atoms with E-state index in [-0.39, 0.29) is 5.92 Å². The lowest BCUT2D eigenvalue weighted by Gasteiger charge is -2.45. The molecular weight excluding hydrogens is 204 g/mol. The third-order valence-electron chi connectivity index (χ3n) is 4.53. The third kappa shape index (κ3) is 2.10. The summed E-state index contributed by atoms with van der Waals surface area (Å²) in [5, 5.41) is 20.0. The highest BCUT2D eigenvalue weighted by Gasteiger charge is 2.48. The maximum Gasteiger partial charge on any atom is 0.309 e. The minimum atomic E-state index is -0.912. The lowest BCUT2D eigenvalue weighted by Crippen LogP contribution is -2.51. The fourth-order valence-corrected chi connectivity index (χ4v) is 3.61. The molecule has 2 fully saturated rings. The zero-order chi connectivity index (χ0) is 11.6. The summed E-state index contributed by atoms with van der Waals surface area (Å²) in [5.74, 6) is -1.10. The second-order valence-corrected chi connectivity index (χ2v) is 5.46. The molecule has 0 amide bonds. The Morgan fingerprint density at radius 1 is 1.00 bits per heavy atom. The minimum absolute atomic E-state index is 0.225. The van der Waals surface area contributed by atoms with Gasteiger partial charge in [0.2, 0.25) is 0 Å². The fraction of sp³-hybridized carbons (Fsp3) is 0.923. The Morgan fingerprint density at radius 2 is 1.62 bits per heavy atom. The molecule has 2 aliphatic carbocycles. The normalized spacial score (nSPS) is 37.2. The molecule has 0 heterocycles. The first kappa shape index (κ1) is 11.9. The molecule has 0 saturated heterocycles. The Balaban J connectivity index is 2.14. The summed E-state index contributed by atoms with van der Waals surface area (Å²) >= 11 is 0. The van der Waals surface area contributed by atoms with Crippen LogP contribution in [-0.4, -0.2) is 21.8 Å². The second-order valence-electron chi connectivity index (χ2n) is 5.46. The molecule has 0 radical (unpaired) electrons. The van der Waals surface area contributed by atoms with E-state index in [9.17, 15) is 15.0 Å². The zero-order valence-corrected chi connectivity index (χ0v) is 9.82. The Bertz CT molecular complexity index is 258. The Hall–Kier alpha value is -0.570. The lowest BCUT2D eigenvalue weighted by molar-refractivity contribution is -0.165. The SMILES string of the molecule is O=C(O)[C@H]1CCCC[C@@]1(O)C1CCCCC1. The molecule has 2 N–H and O–H groups in total. The Morgan fingerprint density at radius 3 is 2.25 bits per heavy atom. The highest BCUT2D eigenvalue weighted by molar-refractivity contribution is 5.71. The first-order chi connectivity index (χ1) is 7.64. The topological polar surface area (TPSA) is 57.5 Å². The van der Waals surface area contributed by atoms with Crippen LogP contribution in [0.2, 0.25) is 0 Å². The smallest absolute Gasteiger partial charge is 0.309 e. The molecule has 3 heteroatoms. The van der Waals surface area contributed by atoms with Crippen LogP contribution in [0.5, 0.6) is 0 Å². The van der Waals surface area contributed by atoms with Crippen molar-refractivity contribution in [3.63, 3.8) is 0 Å². The highest BCUT2D eigenvalue weighted by atomic mass is 16.4. The van der Waals surface area contributed by atoms with Crippen molar-refractivity contribution >= 4 is 5.97 Å². The van der Waals surface area contributed by atoms with Crippen molar-refractivity contribution < 1.29 is 15.0 Å². The molecule has 0 aliphatic heterocycles. The van der Waals surface area contributed by atoms with Gasteiger partial charge in [0.25, 0.3) is 0 Å². The quantitative estimate of drug-likeness (QED) is 0.760. The van der Waals surface area contributed by atoms with E-state index in [1.165, 1.54) is 6.42 Å². The highest BCUT2D eigenvalue weighted by Crippen LogP contribution is 2.44. The molecule has 2 atom stereocenters. The van der Waals surface area contributed by atoms with Crippen molar-refractivity contribution in [2.24, 2.45) is 11.8 Å². The molecule has 0 aromatic rings. The van der Waals surface area contributed by atoms with Crippen LogP contribution in [0, 0.1) is 11.8 Å². The summed E-state index contributed by atoms with van der Waals surface area (Å²) in [6.07, 6.45) is 8.85. The molecule has 16 heavy (non-hydrogen) atoms. The average Bonchev–Trinajstić information content (AvgIpc) is 2.30. The number of carbonyl (C=O) groups is 1. The van der Waals surface area contributed by atoms with Gasteiger partial charge < -0.3 is 10.2 Å². The van der Waals surface area contributed by atoms with Crippen LogP contribution in [0.3, 0.4) is 0 Å². The van der Waals surface area contributed by atoms with Crippen molar-refractivity contribution in [3.05, 3.63) is 0 Å². The van der Waals surface area contributed by atoms with Crippen LogP contribution in [-0.2, 0) is 4.79 Å². The predicted octanol–water partition coefficient (Wildman–Crippen LogP) is 2.57. The standard InChI is InChI=1S/C13H22O3/c14-12(15)11-8-4-5-9-13(11,16)10-6-2-1-3-7-10/h10-11,16H,1-9H2,(H,14,15)/t11-,13-/m1/s1. The molecule has 92 valence electrons. The van der Waals surface area contributed by atoms with Crippen molar-refractivity contribution in [1.29, 1.82) is 0 Å². The van der Waals surface area contributed by atoms with Gasteiger partial charge in [-0.3, -0.25) is 4.79 Å². The Labute approximate surface area is 96.9 Å². The molecule has 2 rings (SSSR count). The summed E-state index contributed by atoms with van der Waals surface area (Å²) in [4.78, 5) is 11.3. The number of carboxylic acid groups (broad SMARTS) is 1. The third-order valence-corrected chi connectivity index (χ3v) is 4.53.